The lowest BCUT2D eigenvalue weighted by Gasteiger charge is -2.12. The van der Waals surface area contributed by atoms with E-state index in [2.05, 4.69) is 24.1 Å². The molecule has 24 heavy (non-hydrogen) atoms. The Bertz CT molecular complexity index is 656. The van der Waals surface area contributed by atoms with Crippen LogP contribution in [0.3, 0.4) is 0 Å². The highest BCUT2D eigenvalue weighted by Crippen LogP contribution is 2.18. The Balaban J connectivity index is 1.81. The predicted molar refractivity (Wildman–Crippen MR) is 102 cm³/mol. The summed E-state index contributed by atoms with van der Waals surface area (Å²) >= 11 is 7.60. The van der Waals surface area contributed by atoms with Crippen LogP contribution in [-0.2, 0) is 17.6 Å². The molecule has 1 atom stereocenters. The summed E-state index contributed by atoms with van der Waals surface area (Å²) in [5.41, 5.74) is 1.98. The van der Waals surface area contributed by atoms with Crippen LogP contribution in [0, 0.1) is 0 Å². The van der Waals surface area contributed by atoms with Crippen LogP contribution in [0.2, 0.25) is 5.02 Å². The Hall–Kier alpha value is -1.39. The van der Waals surface area contributed by atoms with Crippen LogP contribution >= 0.6 is 22.9 Å². The molecule has 0 bridgehead atoms. The smallest absolute Gasteiger partial charge is 0.226 e. The highest BCUT2D eigenvalue weighted by molar-refractivity contribution is 7.09. The number of hydrogen-bond acceptors (Lipinski definition) is 3. The Labute approximate surface area is 153 Å². The Morgan fingerprint density at radius 1 is 1.38 bits per heavy atom. The third-order valence-corrected chi connectivity index (χ3v) is 4.97. The van der Waals surface area contributed by atoms with Crippen LogP contribution in [0.15, 0.2) is 29.6 Å². The standard InChI is InChI=1S/C19H25ClN2OS/c1-3-4-5-7-14(2)21-18(23)12-17-13-24-19(22-17)11-15-8-6-9-16(20)10-15/h6,8-10,13-14H,3-5,7,11-12H2,1-2H3,(H,21,23). The number of nitrogens with zero attached hydrogens (tertiary/aromatic N) is 1. The van der Waals surface area contributed by atoms with Gasteiger partial charge in [-0.2, -0.15) is 0 Å². The molecule has 1 N–H and O–H groups in total. The van der Waals surface area contributed by atoms with E-state index in [4.69, 9.17) is 11.6 Å². The molecule has 130 valence electrons. The van der Waals surface area contributed by atoms with Crippen LogP contribution in [-0.4, -0.2) is 16.9 Å². The van der Waals surface area contributed by atoms with Crippen molar-refractivity contribution in [3.63, 3.8) is 0 Å². The number of carbonyl (C=O) groups excluding carboxylic acids is 1. The lowest BCUT2D eigenvalue weighted by molar-refractivity contribution is -0.121. The van der Waals surface area contributed by atoms with Crippen LogP contribution in [0.25, 0.3) is 0 Å². The second-order valence-corrected chi connectivity index (χ2v) is 7.56. The molecule has 0 aliphatic carbocycles. The minimum absolute atomic E-state index is 0.0543. The second-order valence-electron chi connectivity index (χ2n) is 6.18. The maximum atomic E-state index is 12.1. The van der Waals surface area contributed by atoms with Crippen molar-refractivity contribution < 1.29 is 4.79 Å². The zero-order valence-corrected chi connectivity index (χ0v) is 15.9. The molecule has 1 aromatic heterocycles. The lowest BCUT2D eigenvalue weighted by atomic mass is 10.1. The van der Waals surface area contributed by atoms with Crippen molar-refractivity contribution >= 4 is 28.8 Å². The molecule has 2 rings (SSSR count). The molecule has 0 saturated heterocycles. The molecule has 2 aromatic rings. The number of thiazole rings is 1. The maximum absolute atomic E-state index is 12.1. The Morgan fingerprint density at radius 3 is 2.96 bits per heavy atom. The molecule has 0 saturated carbocycles. The zero-order valence-electron chi connectivity index (χ0n) is 14.3. The van der Waals surface area contributed by atoms with E-state index >= 15 is 0 Å². The van der Waals surface area contributed by atoms with Gasteiger partial charge < -0.3 is 5.32 Å². The topological polar surface area (TPSA) is 42.0 Å². The van der Waals surface area contributed by atoms with Gasteiger partial charge >= 0.3 is 0 Å². The van der Waals surface area contributed by atoms with E-state index in [1.807, 2.05) is 29.6 Å². The number of aromatic nitrogens is 1. The average molecular weight is 365 g/mol. The van der Waals surface area contributed by atoms with Gasteiger partial charge in [0.2, 0.25) is 5.91 Å². The maximum Gasteiger partial charge on any atom is 0.226 e. The first kappa shape index (κ1) is 18.9. The summed E-state index contributed by atoms with van der Waals surface area (Å²) in [5.74, 6) is 0.0543. The minimum atomic E-state index is 0.0543. The van der Waals surface area contributed by atoms with Gasteiger partial charge in [0.15, 0.2) is 0 Å². The van der Waals surface area contributed by atoms with Crippen LogP contribution < -0.4 is 5.32 Å². The highest BCUT2D eigenvalue weighted by atomic mass is 35.5. The minimum Gasteiger partial charge on any atom is -0.353 e. The largest absolute Gasteiger partial charge is 0.353 e. The zero-order chi connectivity index (χ0) is 17.4. The number of carbonyl (C=O) groups is 1. The first-order valence-electron chi connectivity index (χ1n) is 8.54. The van der Waals surface area contributed by atoms with E-state index < -0.39 is 0 Å². The summed E-state index contributed by atoms with van der Waals surface area (Å²) in [6, 6.07) is 8.03. The summed E-state index contributed by atoms with van der Waals surface area (Å²) in [5, 5.41) is 6.78. The average Bonchev–Trinajstić information content (AvgIpc) is 2.94. The fraction of sp³-hybridized carbons (Fsp3) is 0.474. The molecular formula is C19H25ClN2OS. The van der Waals surface area contributed by atoms with E-state index in [0.29, 0.717) is 6.42 Å². The van der Waals surface area contributed by atoms with Crippen LogP contribution in [0.4, 0.5) is 0 Å². The summed E-state index contributed by atoms with van der Waals surface area (Å²) in [4.78, 5) is 16.7. The second kappa shape index (κ2) is 9.80. The number of benzene rings is 1. The van der Waals surface area contributed by atoms with E-state index in [1.165, 1.54) is 19.3 Å². The summed E-state index contributed by atoms with van der Waals surface area (Å²) in [7, 11) is 0. The van der Waals surface area contributed by atoms with E-state index in [-0.39, 0.29) is 11.9 Å². The summed E-state index contributed by atoms with van der Waals surface area (Å²) < 4.78 is 0. The van der Waals surface area contributed by atoms with Gasteiger partial charge in [0.05, 0.1) is 17.1 Å². The van der Waals surface area contributed by atoms with Gasteiger partial charge in [-0.1, -0.05) is 49.9 Å². The third kappa shape index (κ3) is 6.62. The van der Waals surface area contributed by atoms with Crippen molar-refractivity contribution in [2.24, 2.45) is 0 Å². The van der Waals surface area contributed by atoms with Crippen molar-refractivity contribution in [3.05, 3.63) is 50.9 Å². The molecular weight excluding hydrogens is 340 g/mol. The number of rotatable bonds is 9. The van der Waals surface area contributed by atoms with Crippen molar-refractivity contribution in [1.29, 1.82) is 0 Å². The number of amides is 1. The first-order valence-corrected chi connectivity index (χ1v) is 9.79. The molecule has 1 amide bonds. The number of unbranched alkanes of at least 4 members (excludes halogenated alkanes) is 2. The van der Waals surface area contributed by atoms with Crippen molar-refractivity contribution in [3.8, 4) is 0 Å². The van der Waals surface area contributed by atoms with Crippen molar-refractivity contribution in [1.82, 2.24) is 10.3 Å². The molecule has 0 fully saturated rings. The number of halogens is 1. The molecule has 0 radical (unpaired) electrons. The first-order chi connectivity index (χ1) is 11.6. The van der Waals surface area contributed by atoms with E-state index in [0.717, 1.165) is 34.1 Å². The van der Waals surface area contributed by atoms with Gasteiger partial charge in [0.25, 0.3) is 0 Å². The third-order valence-electron chi connectivity index (χ3n) is 3.83. The lowest BCUT2D eigenvalue weighted by Crippen LogP contribution is -2.33. The van der Waals surface area contributed by atoms with Gasteiger partial charge in [0.1, 0.15) is 0 Å². The monoisotopic (exact) mass is 364 g/mol. The summed E-state index contributed by atoms with van der Waals surface area (Å²) in [6.45, 7) is 4.26. The Kier molecular flexibility index (Phi) is 7.73. The van der Waals surface area contributed by atoms with Crippen molar-refractivity contribution in [2.75, 3.05) is 0 Å². The molecule has 1 heterocycles. The molecule has 0 aliphatic rings. The van der Waals surface area contributed by atoms with Gasteiger partial charge in [-0.3, -0.25) is 4.79 Å². The summed E-state index contributed by atoms with van der Waals surface area (Å²) in [6.07, 6.45) is 5.73. The quantitative estimate of drug-likeness (QED) is 0.635. The normalized spacial score (nSPS) is 12.1. The van der Waals surface area contributed by atoms with Gasteiger partial charge in [-0.25, -0.2) is 4.98 Å². The highest BCUT2D eigenvalue weighted by Gasteiger charge is 2.11. The Morgan fingerprint density at radius 2 is 2.21 bits per heavy atom. The molecule has 0 aliphatic heterocycles. The van der Waals surface area contributed by atoms with Crippen LogP contribution in [0.1, 0.15) is 55.8 Å². The van der Waals surface area contributed by atoms with Crippen LogP contribution in [0.5, 0.6) is 0 Å². The SMILES string of the molecule is CCCCCC(C)NC(=O)Cc1csc(Cc2cccc(Cl)c2)n1. The van der Waals surface area contributed by atoms with Gasteiger partial charge in [-0.05, 0) is 31.0 Å². The fourth-order valence-electron chi connectivity index (χ4n) is 2.60. The molecule has 1 aromatic carbocycles. The van der Waals surface area contributed by atoms with Crippen molar-refractivity contribution in [2.45, 2.75) is 58.4 Å². The fourth-order valence-corrected chi connectivity index (χ4v) is 3.64. The number of hydrogen-bond donors (Lipinski definition) is 1. The van der Waals surface area contributed by atoms with E-state index in [9.17, 15) is 4.79 Å². The van der Waals surface area contributed by atoms with Gasteiger partial charge in [0, 0.05) is 22.9 Å². The molecule has 5 heteroatoms. The van der Waals surface area contributed by atoms with E-state index in [1.54, 1.807) is 11.3 Å². The predicted octanol–water partition coefficient (Wildman–Crippen LogP) is 5.01. The molecule has 0 spiro atoms. The molecule has 3 nitrogen and oxygen atoms in total. The number of nitrogens with one attached hydrogen (secondary N) is 1. The van der Waals surface area contributed by atoms with Gasteiger partial charge in [-0.15, -0.1) is 11.3 Å². The molecule has 1 unspecified atom stereocenters.